The minimum Gasteiger partial charge on any atom is -0.143 e. The zero-order chi connectivity index (χ0) is 26.2. The van der Waals surface area contributed by atoms with E-state index in [1.165, 1.54) is 85.5 Å². The summed E-state index contributed by atoms with van der Waals surface area (Å²) in [6.45, 7) is 0. The molecule has 0 aliphatic carbocycles. The lowest BCUT2D eigenvalue weighted by molar-refractivity contribution is 1.67. The van der Waals surface area contributed by atoms with Crippen molar-refractivity contribution in [1.82, 2.24) is 0 Å². The average molecular weight is 543 g/mol. The predicted molar refractivity (Wildman–Crippen MR) is 178 cm³/mol. The Hall–Kier alpha value is -4.50. The molecule has 0 aliphatic rings. The first-order valence-corrected chi connectivity index (χ1v) is 15.3. The SMILES string of the molecule is c1ccc(-c2cc3cc4cc(-c5ccccc5)c5c(ccc6ccsc65)c4cc3c3ccc4ccsc4c23)cc1. The number of hydrogen-bond acceptors (Lipinski definition) is 2. The Morgan fingerprint density at radius 1 is 0.350 bits per heavy atom. The fourth-order valence-electron chi connectivity index (χ4n) is 6.53. The molecule has 2 heterocycles. The van der Waals surface area contributed by atoms with Crippen molar-refractivity contribution in [3.63, 3.8) is 0 Å². The van der Waals surface area contributed by atoms with E-state index in [0.29, 0.717) is 0 Å². The van der Waals surface area contributed by atoms with Crippen LogP contribution in [0, 0.1) is 0 Å². The molecule has 0 N–H and O–H groups in total. The largest absolute Gasteiger partial charge is 0.143 e. The second-order valence-corrected chi connectivity index (χ2v) is 12.4. The molecule has 40 heavy (non-hydrogen) atoms. The lowest BCUT2D eigenvalue weighted by Crippen LogP contribution is -1.88. The second-order valence-electron chi connectivity index (χ2n) is 10.5. The van der Waals surface area contributed by atoms with Gasteiger partial charge in [-0.3, -0.25) is 0 Å². The van der Waals surface area contributed by atoms with E-state index in [-0.39, 0.29) is 0 Å². The van der Waals surface area contributed by atoms with E-state index in [4.69, 9.17) is 0 Å². The average Bonchev–Trinajstić information content (AvgIpc) is 3.70. The van der Waals surface area contributed by atoms with Crippen LogP contribution >= 0.6 is 22.7 Å². The summed E-state index contributed by atoms with van der Waals surface area (Å²) < 4.78 is 2.73. The summed E-state index contributed by atoms with van der Waals surface area (Å²) >= 11 is 3.69. The molecule has 0 unspecified atom stereocenters. The van der Waals surface area contributed by atoms with Gasteiger partial charge in [0.1, 0.15) is 0 Å². The van der Waals surface area contributed by atoms with Crippen LogP contribution in [0.25, 0.3) is 85.5 Å². The fourth-order valence-corrected chi connectivity index (χ4v) is 8.46. The van der Waals surface area contributed by atoms with Crippen LogP contribution in [0.1, 0.15) is 0 Å². The van der Waals surface area contributed by atoms with Crippen LogP contribution in [0.5, 0.6) is 0 Å². The topological polar surface area (TPSA) is 0 Å². The molecular formula is C38H22S2. The third-order valence-corrected chi connectivity index (χ3v) is 10.2. The van der Waals surface area contributed by atoms with E-state index >= 15 is 0 Å². The highest BCUT2D eigenvalue weighted by Crippen LogP contribution is 2.45. The van der Waals surface area contributed by atoms with Gasteiger partial charge in [0.2, 0.25) is 0 Å². The molecule has 2 heteroatoms. The highest BCUT2D eigenvalue weighted by Gasteiger charge is 2.17. The molecule has 9 aromatic rings. The van der Waals surface area contributed by atoms with Crippen LogP contribution < -0.4 is 0 Å². The van der Waals surface area contributed by atoms with E-state index in [1.807, 2.05) is 22.7 Å². The Morgan fingerprint density at radius 3 is 1.30 bits per heavy atom. The maximum atomic E-state index is 2.46. The number of benzene rings is 7. The Morgan fingerprint density at radius 2 is 0.825 bits per heavy atom. The molecule has 0 aliphatic heterocycles. The Kier molecular flexibility index (Phi) is 4.74. The molecule has 2 aromatic heterocycles. The third kappa shape index (κ3) is 3.18. The summed E-state index contributed by atoms with van der Waals surface area (Å²) in [5, 5.41) is 17.6. The van der Waals surface area contributed by atoms with Crippen molar-refractivity contribution in [2.75, 3.05) is 0 Å². The first kappa shape index (κ1) is 22.3. The highest BCUT2D eigenvalue weighted by molar-refractivity contribution is 7.18. The lowest BCUT2D eigenvalue weighted by Gasteiger charge is -2.16. The van der Waals surface area contributed by atoms with Gasteiger partial charge in [-0.05, 0) is 113 Å². The summed E-state index contributed by atoms with van der Waals surface area (Å²) in [4.78, 5) is 0. The normalized spacial score (nSPS) is 12.0. The standard InChI is InChI=1S/C38H22S2/c1-3-7-23(8-4-1)33-20-27-19-28-21-34(24-9-5-2-6-10-24)36-30(14-12-26-16-18-40-38(26)36)32(28)22-31(27)29-13-11-25-15-17-39-37(25)35(29)33/h1-22H. The van der Waals surface area contributed by atoms with Gasteiger partial charge in [-0.25, -0.2) is 0 Å². The van der Waals surface area contributed by atoms with Gasteiger partial charge in [0.05, 0.1) is 0 Å². The molecule has 0 atom stereocenters. The molecule has 186 valence electrons. The van der Waals surface area contributed by atoms with Crippen LogP contribution in [-0.2, 0) is 0 Å². The first-order valence-electron chi connectivity index (χ1n) is 13.6. The number of rotatable bonds is 2. The molecule has 0 bridgehead atoms. The van der Waals surface area contributed by atoms with Crippen LogP contribution in [0.15, 0.2) is 132 Å². The smallest absolute Gasteiger partial charge is 0.0427 e. The van der Waals surface area contributed by atoms with E-state index in [1.54, 1.807) is 0 Å². The molecule has 9 rings (SSSR count). The summed E-state index contributed by atoms with van der Waals surface area (Å²) in [7, 11) is 0. The molecule has 0 spiro atoms. The van der Waals surface area contributed by atoms with Crippen LogP contribution in [0.4, 0.5) is 0 Å². The van der Waals surface area contributed by atoms with E-state index in [9.17, 15) is 0 Å². The maximum Gasteiger partial charge on any atom is 0.0427 e. The molecule has 7 aromatic carbocycles. The zero-order valence-corrected chi connectivity index (χ0v) is 23.2. The highest BCUT2D eigenvalue weighted by atomic mass is 32.1. The van der Waals surface area contributed by atoms with Gasteiger partial charge in [-0.15, -0.1) is 22.7 Å². The van der Waals surface area contributed by atoms with Crippen LogP contribution in [0.2, 0.25) is 0 Å². The van der Waals surface area contributed by atoms with Crippen LogP contribution in [-0.4, -0.2) is 0 Å². The maximum absolute atomic E-state index is 2.46. The molecule has 0 radical (unpaired) electrons. The van der Waals surface area contributed by atoms with E-state index in [2.05, 4.69) is 132 Å². The Balaban J connectivity index is 1.48. The lowest BCUT2D eigenvalue weighted by atomic mass is 9.88. The summed E-state index contributed by atoms with van der Waals surface area (Å²) in [6.07, 6.45) is 0. The van der Waals surface area contributed by atoms with E-state index < -0.39 is 0 Å². The quantitative estimate of drug-likeness (QED) is 0.150. The van der Waals surface area contributed by atoms with Gasteiger partial charge < -0.3 is 0 Å². The molecule has 0 nitrogen and oxygen atoms in total. The van der Waals surface area contributed by atoms with Crippen molar-refractivity contribution in [3.8, 4) is 22.3 Å². The number of thiophene rings is 2. The third-order valence-electron chi connectivity index (χ3n) is 8.35. The number of fused-ring (bicyclic) bond motifs is 10. The van der Waals surface area contributed by atoms with Crippen molar-refractivity contribution in [3.05, 3.63) is 132 Å². The summed E-state index contributed by atoms with van der Waals surface area (Å²) in [5.41, 5.74) is 5.14. The van der Waals surface area contributed by atoms with Crippen LogP contribution in [0.3, 0.4) is 0 Å². The van der Waals surface area contributed by atoms with Gasteiger partial charge in [-0.1, -0.05) is 84.9 Å². The minimum absolute atomic E-state index is 1.26. The van der Waals surface area contributed by atoms with Gasteiger partial charge >= 0.3 is 0 Å². The van der Waals surface area contributed by atoms with Gasteiger partial charge in [-0.2, -0.15) is 0 Å². The molecular weight excluding hydrogens is 521 g/mol. The van der Waals surface area contributed by atoms with E-state index in [0.717, 1.165) is 0 Å². The van der Waals surface area contributed by atoms with Crippen molar-refractivity contribution in [2.45, 2.75) is 0 Å². The van der Waals surface area contributed by atoms with Gasteiger partial charge in [0, 0.05) is 20.2 Å². The predicted octanol–water partition coefficient (Wildman–Crippen LogP) is 12.1. The van der Waals surface area contributed by atoms with Crippen molar-refractivity contribution >= 4 is 85.9 Å². The Labute approximate surface area is 239 Å². The first-order chi connectivity index (χ1) is 19.8. The van der Waals surface area contributed by atoms with Gasteiger partial charge in [0.15, 0.2) is 0 Å². The monoisotopic (exact) mass is 542 g/mol. The van der Waals surface area contributed by atoms with Crippen molar-refractivity contribution < 1.29 is 0 Å². The molecule has 0 saturated heterocycles. The van der Waals surface area contributed by atoms with Gasteiger partial charge in [0.25, 0.3) is 0 Å². The zero-order valence-electron chi connectivity index (χ0n) is 21.5. The minimum atomic E-state index is 1.26. The second kappa shape index (κ2) is 8.50. The summed E-state index contributed by atoms with van der Waals surface area (Å²) in [6, 6.07) is 45.2. The fraction of sp³-hybridized carbons (Fsp3) is 0. The van der Waals surface area contributed by atoms with Crippen molar-refractivity contribution in [2.24, 2.45) is 0 Å². The molecule has 0 fully saturated rings. The van der Waals surface area contributed by atoms with Crippen molar-refractivity contribution in [1.29, 1.82) is 0 Å². The molecule has 0 amide bonds. The molecule has 0 saturated carbocycles. The number of hydrogen-bond donors (Lipinski definition) is 0. The Bertz CT molecular complexity index is 2240. The summed E-state index contributed by atoms with van der Waals surface area (Å²) in [5.74, 6) is 0.